The number of hydrogen-bond donors (Lipinski definition) is 1. The van der Waals surface area contributed by atoms with E-state index in [2.05, 4.69) is 31.9 Å². The van der Waals surface area contributed by atoms with E-state index in [-0.39, 0.29) is 18.2 Å². The fraction of sp³-hybridized carbons (Fsp3) is 0.273. The summed E-state index contributed by atoms with van der Waals surface area (Å²) in [5, 5.41) is 1.16. The number of carbonyl (C=O) groups is 2. The van der Waals surface area contributed by atoms with Crippen LogP contribution in [0.5, 0.6) is 5.75 Å². The first-order valence-corrected chi connectivity index (χ1v) is 10.4. The monoisotopic (exact) mass is 453 g/mol. The highest BCUT2D eigenvalue weighted by atomic mass is 79.9. The number of aromatic nitrogens is 1. The van der Waals surface area contributed by atoms with E-state index in [9.17, 15) is 9.59 Å². The van der Waals surface area contributed by atoms with E-state index in [0.717, 1.165) is 28.3 Å². The van der Waals surface area contributed by atoms with Crippen LogP contribution in [0.15, 0.2) is 46.9 Å². The molecule has 7 heteroatoms. The van der Waals surface area contributed by atoms with Crippen LogP contribution in [0, 0.1) is 0 Å². The molecular formula is C22H20BrN3O3. The summed E-state index contributed by atoms with van der Waals surface area (Å²) in [7, 11) is 1.54. The number of carbonyl (C=O) groups excluding carboxylic acids is 2. The van der Waals surface area contributed by atoms with Crippen LogP contribution in [0.3, 0.4) is 0 Å². The number of aromatic amines is 1. The summed E-state index contributed by atoms with van der Waals surface area (Å²) < 4.78 is 6.40. The Bertz CT molecular complexity index is 1140. The van der Waals surface area contributed by atoms with E-state index in [1.54, 1.807) is 19.2 Å². The second-order valence-corrected chi connectivity index (χ2v) is 8.28. The van der Waals surface area contributed by atoms with Crippen LogP contribution in [-0.2, 0) is 22.6 Å². The molecule has 148 valence electrons. The lowest BCUT2D eigenvalue weighted by molar-refractivity contribution is -0.123. The molecule has 2 aliphatic heterocycles. The standard InChI is InChI=1S/C22H20BrN3O3/c1-29-19-8-3-2-7-17(19)26-20(27)11-18(22(26)28)25-10-9-16-14(12-25)13-5-4-6-15(23)21(13)24-16/h2-8,18,24H,9-12H2,1H3/t18-/m1/s1. The molecule has 0 saturated carbocycles. The molecule has 2 amide bonds. The van der Waals surface area contributed by atoms with Gasteiger partial charge in [0.1, 0.15) is 5.75 Å². The molecule has 5 rings (SSSR count). The molecule has 3 aromatic rings. The van der Waals surface area contributed by atoms with Gasteiger partial charge in [-0.25, -0.2) is 4.90 Å². The predicted octanol–water partition coefficient (Wildman–Crippen LogP) is 3.63. The summed E-state index contributed by atoms with van der Waals surface area (Å²) in [5.74, 6) is 0.165. The number of fused-ring (bicyclic) bond motifs is 3. The van der Waals surface area contributed by atoms with Crippen molar-refractivity contribution in [3.05, 3.63) is 58.2 Å². The fourth-order valence-electron chi connectivity index (χ4n) is 4.46. The number of para-hydroxylation sites is 3. The van der Waals surface area contributed by atoms with Crippen molar-refractivity contribution in [1.29, 1.82) is 0 Å². The zero-order valence-electron chi connectivity index (χ0n) is 15.9. The van der Waals surface area contributed by atoms with Crippen molar-refractivity contribution in [2.24, 2.45) is 0 Å². The predicted molar refractivity (Wildman–Crippen MR) is 114 cm³/mol. The molecule has 0 aliphatic carbocycles. The van der Waals surface area contributed by atoms with E-state index in [1.165, 1.54) is 16.2 Å². The van der Waals surface area contributed by atoms with Crippen LogP contribution < -0.4 is 9.64 Å². The van der Waals surface area contributed by atoms with Gasteiger partial charge in [-0.05, 0) is 39.7 Å². The van der Waals surface area contributed by atoms with E-state index < -0.39 is 6.04 Å². The molecule has 29 heavy (non-hydrogen) atoms. The van der Waals surface area contributed by atoms with Gasteiger partial charge in [-0.1, -0.05) is 24.3 Å². The second kappa shape index (κ2) is 7.00. The van der Waals surface area contributed by atoms with Crippen molar-refractivity contribution >= 4 is 44.3 Å². The summed E-state index contributed by atoms with van der Waals surface area (Å²) >= 11 is 3.61. The maximum Gasteiger partial charge on any atom is 0.251 e. The lowest BCUT2D eigenvalue weighted by atomic mass is 10.0. The minimum atomic E-state index is -0.447. The molecule has 0 unspecified atom stereocenters. The SMILES string of the molecule is COc1ccccc1N1C(=O)C[C@@H](N2CCc3[nH]c4c(Br)cccc4c3C2)C1=O. The van der Waals surface area contributed by atoms with E-state index in [1.807, 2.05) is 24.3 Å². The molecule has 6 nitrogen and oxygen atoms in total. The van der Waals surface area contributed by atoms with Crippen LogP contribution in [0.2, 0.25) is 0 Å². The minimum Gasteiger partial charge on any atom is -0.495 e. The van der Waals surface area contributed by atoms with Gasteiger partial charge < -0.3 is 9.72 Å². The van der Waals surface area contributed by atoms with Crippen molar-refractivity contribution < 1.29 is 14.3 Å². The van der Waals surface area contributed by atoms with Crippen molar-refractivity contribution in [1.82, 2.24) is 9.88 Å². The average molecular weight is 454 g/mol. The normalized spacial score (nSPS) is 19.8. The Morgan fingerprint density at radius 3 is 2.79 bits per heavy atom. The smallest absolute Gasteiger partial charge is 0.251 e. The summed E-state index contributed by atoms with van der Waals surface area (Å²) in [4.78, 5) is 32.9. The number of ether oxygens (including phenoxy) is 1. The first-order valence-electron chi connectivity index (χ1n) is 9.60. The summed E-state index contributed by atoms with van der Waals surface area (Å²) in [6.45, 7) is 1.39. The van der Waals surface area contributed by atoms with Crippen LogP contribution in [0.4, 0.5) is 5.69 Å². The van der Waals surface area contributed by atoms with Gasteiger partial charge in [-0.2, -0.15) is 0 Å². The van der Waals surface area contributed by atoms with Gasteiger partial charge in [0.15, 0.2) is 0 Å². The van der Waals surface area contributed by atoms with Gasteiger partial charge in [0.05, 0.1) is 30.8 Å². The van der Waals surface area contributed by atoms with Crippen LogP contribution in [-0.4, -0.2) is 41.4 Å². The third-order valence-electron chi connectivity index (χ3n) is 5.88. The maximum absolute atomic E-state index is 13.2. The zero-order chi connectivity index (χ0) is 20.1. The number of benzene rings is 2. The van der Waals surface area contributed by atoms with E-state index in [4.69, 9.17) is 4.74 Å². The third-order valence-corrected chi connectivity index (χ3v) is 6.54. The average Bonchev–Trinajstić information content (AvgIpc) is 3.25. The largest absolute Gasteiger partial charge is 0.495 e. The lowest BCUT2D eigenvalue weighted by Crippen LogP contribution is -2.44. The quantitative estimate of drug-likeness (QED) is 0.614. The molecule has 0 bridgehead atoms. The number of halogens is 1. The molecule has 2 aliphatic rings. The highest BCUT2D eigenvalue weighted by molar-refractivity contribution is 9.10. The number of rotatable bonds is 3. The Morgan fingerprint density at radius 2 is 1.97 bits per heavy atom. The fourth-order valence-corrected chi connectivity index (χ4v) is 4.92. The molecule has 2 aromatic carbocycles. The second-order valence-electron chi connectivity index (χ2n) is 7.42. The summed E-state index contributed by atoms with van der Waals surface area (Å²) in [5.41, 5.74) is 4.02. The molecular weight excluding hydrogens is 434 g/mol. The highest BCUT2D eigenvalue weighted by Gasteiger charge is 2.44. The van der Waals surface area contributed by atoms with Gasteiger partial charge in [-0.15, -0.1) is 0 Å². The van der Waals surface area contributed by atoms with Crippen molar-refractivity contribution in [2.45, 2.75) is 25.4 Å². The molecule has 0 radical (unpaired) electrons. The number of anilines is 1. The number of H-pyrrole nitrogens is 1. The molecule has 1 saturated heterocycles. The Labute approximate surface area is 176 Å². The van der Waals surface area contributed by atoms with Crippen LogP contribution in [0.25, 0.3) is 10.9 Å². The number of methoxy groups -OCH3 is 1. The van der Waals surface area contributed by atoms with Gasteiger partial charge in [0.25, 0.3) is 5.91 Å². The Hall–Kier alpha value is -2.64. The van der Waals surface area contributed by atoms with Crippen LogP contribution in [0.1, 0.15) is 17.7 Å². The summed E-state index contributed by atoms with van der Waals surface area (Å²) in [6, 6.07) is 12.8. The first kappa shape index (κ1) is 18.4. The molecule has 3 heterocycles. The number of hydrogen-bond acceptors (Lipinski definition) is 4. The third kappa shape index (κ3) is 2.88. The maximum atomic E-state index is 13.2. The van der Waals surface area contributed by atoms with E-state index in [0.29, 0.717) is 18.0 Å². The Kier molecular flexibility index (Phi) is 4.44. The molecule has 1 N–H and O–H groups in total. The Balaban J connectivity index is 1.46. The van der Waals surface area contributed by atoms with Gasteiger partial charge in [-0.3, -0.25) is 14.5 Å². The van der Waals surface area contributed by atoms with Gasteiger partial charge in [0, 0.05) is 35.1 Å². The topological polar surface area (TPSA) is 65.6 Å². The molecule has 1 aromatic heterocycles. The number of nitrogens with one attached hydrogen (secondary N) is 1. The van der Waals surface area contributed by atoms with Gasteiger partial charge >= 0.3 is 0 Å². The highest BCUT2D eigenvalue weighted by Crippen LogP contribution is 2.36. The summed E-state index contributed by atoms with van der Waals surface area (Å²) in [6.07, 6.45) is 1.02. The zero-order valence-corrected chi connectivity index (χ0v) is 17.5. The molecule has 0 spiro atoms. The van der Waals surface area contributed by atoms with Crippen molar-refractivity contribution in [3.63, 3.8) is 0 Å². The number of nitrogens with zero attached hydrogens (tertiary/aromatic N) is 2. The van der Waals surface area contributed by atoms with Crippen LogP contribution >= 0.6 is 15.9 Å². The Morgan fingerprint density at radius 1 is 1.14 bits per heavy atom. The first-order chi connectivity index (χ1) is 14.1. The molecule has 1 fully saturated rings. The van der Waals surface area contributed by atoms with Crippen molar-refractivity contribution in [3.8, 4) is 5.75 Å². The number of amides is 2. The molecule has 1 atom stereocenters. The lowest BCUT2D eigenvalue weighted by Gasteiger charge is -2.31. The van der Waals surface area contributed by atoms with E-state index >= 15 is 0 Å². The minimum absolute atomic E-state index is 0.177. The van der Waals surface area contributed by atoms with Gasteiger partial charge in [0.2, 0.25) is 5.91 Å². The van der Waals surface area contributed by atoms with Crippen molar-refractivity contribution in [2.75, 3.05) is 18.6 Å². The number of imide groups is 1.